The molecule has 0 unspecified atom stereocenters. The van der Waals surface area contributed by atoms with Crippen LogP contribution in [0, 0.1) is 26.6 Å². The highest BCUT2D eigenvalue weighted by Crippen LogP contribution is 2.27. The van der Waals surface area contributed by atoms with Gasteiger partial charge in [0.2, 0.25) is 0 Å². The number of hydrogen-bond donors (Lipinski definition) is 1. The second kappa shape index (κ2) is 11.2. The number of carbonyl (C=O) groups is 1. The molecule has 0 aliphatic rings. The van der Waals surface area contributed by atoms with Crippen LogP contribution in [-0.2, 0) is 14.8 Å². The molecule has 0 saturated carbocycles. The van der Waals surface area contributed by atoms with Crippen molar-refractivity contribution in [3.63, 3.8) is 0 Å². The zero-order chi connectivity index (χ0) is 27.4. The Morgan fingerprint density at radius 2 is 1.68 bits per heavy atom. The van der Waals surface area contributed by atoms with E-state index in [0.29, 0.717) is 5.02 Å². The highest BCUT2D eigenvalue weighted by molar-refractivity contribution is 7.92. The summed E-state index contributed by atoms with van der Waals surface area (Å²) in [5.74, 6) is -1.51. The molecule has 10 heteroatoms. The third kappa shape index (κ3) is 5.64. The molecule has 0 spiro atoms. The zero-order valence-corrected chi connectivity index (χ0v) is 22.6. The van der Waals surface area contributed by atoms with Gasteiger partial charge in [-0.15, -0.1) is 0 Å². The molecule has 7 nitrogen and oxygen atoms in total. The van der Waals surface area contributed by atoms with Gasteiger partial charge in [0.25, 0.3) is 15.9 Å². The monoisotopic (exact) mass is 552 g/mol. The SMILES string of the molecule is Cc1ccc(S(=O)(=O)N(CC(=O)N/N=C/c2cc(C)n(-c3ccccc3Cl)c2C)c2ccccc2F)cc1. The van der Waals surface area contributed by atoms with E-state index in [1.54, 1.807) is 18.2 Å². The summed E-state index contributed by atoms with van der Waals surface area (Å²) in [6, 6.07) is 20.8. The molecule has 4 aromatic rings. The quantitative estimate of drug-likeness (QED) is 0.230. The Morgan fingerprint density at radius 3 is 2.37 bits per heavy atom. The molecule has 0 atom stereocenters. The van der Waals surface area contributed by atoms with Gasteiger partial charge in [-0.05, 0) is 63.2 Å². The van der Waals surface area contributed by atoms with Crippen molar-refractivity contribution in [2.45, 2.75) is 25.7 Å². The summed E-state index contributed by atoms with van der Waals surface area (Å²) < 4.78 is 44.2. The van der Waals surface area contributed by atoms with E-state index in [0.717, 1.165) is 38.6 Å². The molecule has 0 aliphatic carbocycles. The fourth-order valence-electron chi connectivity index (χ4n) is 4.05. The largest absolute Gasteiger partial charge is 0.316 e. The molecular formula is C28H26ClFN4O3S. The number of benzene rings is 3. The summed E-state index contributed by atoms with van der Waals surface area (Å²) in [4.78, 5) is 12.7. The van der Waals surface area contributed by atoms with Gasteiger partial charge in [-0.1, -0.05) is 53.6 Å². The van der Waals surface area contributed by atoms with E-state index in [9.17, 15) is 17.6 Å². The van der Waals surface area contributed by atoms with Crippen LogP contribution >= 0.6 is 11.6 Å². The molecule has 0 aliphatic heterocycles. The standard InChI is InChI=1S/C28H26ClFN4O3S/c1-19-12-14-23(15-13-19)38(36,37)33(27-11-7-5-9-25(27)30)18-28(35)32-31-17-22-16-20(2)34(21(22)3)26-10-6-4-8-24(26)29/h4-17H,18H2,1-3H3,(H,32,35)/b31-17+. The van der Waals surface area contributed by atoms with Crippen LogP contribution < -0.4 is 9.73 Å². The molecule has 0 radical (unpaired) electrons. The predicted molar refractivity (Wildman–Crippen MR) is 148 cm³/mol. The van der Waals surface area contributed by atoms with Gasteiger partial charge in [0, 0.05) is 17.0 Å². The van der Waals surface area contributed by atoms with Crippen molar-refractivity contribution in [2.24, 2.45) is 5.10 Å². The number of rotatable bonds is 8. The Kier molecular flexibility index (Phi) is 7.99. The van der Waals surface area contributed by atoms with Gasteiger partial charge in [-0.2, -0.15) is 5.10 Å². The number of hydrogen-bond acceptors (Lipinski definition) is 4. The predicted octanol–water partition coefficient (Wildman–Crippen LogP) is 5.54. The average molecular weight is 553 g/mol. The highest BCUT2D eigenvalue weighted by atomic mass is 35.5. The topological polar surface area (TPSA) is 83.8 Å². The Bertz CT molecular complexity index is 1620. The molecule has 4 rings (SSSR count). The molecule has 1 amide bonds. The highest BCUT2D eigenvalue weighted by Gasteiger charge is 2.29. The maximum Gasteiger partial charge on any atom is 0.264 e. The smallest absolute Gasteiger partial charge is 0.264 e. The number of nitrogens with zero attached hydrogens (tertiary/aromatic N) is 3. The molecule has 1 N–H and O–H groups in total. The summed E-state index contributed by atoms with van der Waals surface area (Å²) in [7, 11) is -4.24. The summed E-state index contributed by atoms with van der Waals surface area (Å²) in [5, 5.41) is 4.61. The summed E-state index contributed by atoms with van der Waals surface area (Å²) in [5.41, 5.74) is 6.30. The summed E-state index contributed by atoms with van der Waals surface area (Å²) in [6.45, 7) is 4.97. The van der Waals surface area contributed by atoms with Crippen molar-refractivity contribution in [3.8, 4) is 5.69 Å². The molecule has 0 saturated heterocycles. The lowest BCUT2D eigenvalue weighted by Crippen LogP contribution is -2.40. The fourth-order valence-corrected chi connectivity index (χ4v) is 5.70. The molecular weight excluding hydrogens is 527 g/mol. The first-order valence-electron chi connectivity index (χ1n) is 11.7. The van der Waals surface area contributed by atoms with Crippen LogP contribution in [-0.4, -0.2) is 31.7 Å². The van der Waals surface area contributed by atoms with Crippen molar-refractivity contribution in [1.82, 2.24) is 9.99 Å². The van der Waals surface area contributed by atoms with Crippen LogP contribution in [0.4, 0.5) is 10.1 Å². The molecule has 3 aromatic carbocycles. The van der Waals surface area contributed by atoms with Gasteiger partial charge in [0.1, 0.15) is 12.4 Å². The van der Waals surface area contributed by atoms with E-state index in [2.05, 4.69) is 10.5 Å². The van der Waals surface area contributed by atoms with Crippen LogP contribution in [0.3, 0.4) is 0 Å². The summed E-state index contributed by atoms with van der Waals surface area (Å²) in [6.07, 6.45) is 1.47. The van der Waals surface area contributed by atoms with E-state index in [4.69, 9.17) is 11.6 Å². The van der Waals surface area contributed by atoms with Crippen LogP contribution in [0.25, 0.3) is 5.69 Å². The Morgan fingerprint density at radius 1 is 1.03 bits per heavy atom. The number of anilines is 1. The van der Waals surface area contributed by atoms with Gasteiger partial charge in [-0.3, -0.25) is 9.10 Å². The van der Waals surface area contributed by atoms with Gasteiger partial charge >= 0.3 is 0 Å². The number of amides is 1. The molecule has 0 fully saturated rings. The lowest BCUT2D eigenvalue weighted by molar-refractivity contribution is -0.119. The van der Waals surface area contributed by atoms with E-state index in [1.165, 1.54) is 36.5 Å². The zero-order valence-electron chi connectivity index (χ0n) is 21.0. The lowest BCUT2D eigenvalue weighted by atomic mass is 10.2. The number of para-hydroxylation sites is 2. The van der Waals surface area contributed by atoms with Gasteiger partial charge in [0.05, 0.1) is 27.5 Å². The summed E-state index contributed by atoms with van der Waals surface area (Å²) >= 11 is 6.36. The Hall–Kier alpha value is -3.95. The lowest BCUT2D eigenvalue weighted by Gasteiger charge is -2.24. The number of sulfonamides is 1. The van der Waals surface area contributed by atoms with Crippen molar-refractivity contribution < 1.29 is 17.6 Å². The van der Waals surface area contributed by atoms with E-state index < -0.39 is 28.3 Å². The van der Waals surface area contributed by atoms with Gasteiger partial charge in [-0.25, -0.2) is 18.2 Å². The minimum Gasteiger partial charge on any atom is -0.316 e. The molecule has 38 heavy (non-hydrogen) atoms. The first-order chi connectivity index (χ1) is 18.1. The minimum absolute atomic E-state index is 0.0605. The van der Waals surface area contributed by atoms with Gasteiger partial charge in [0.15, 0.2) is 0 Å². The maximum atomic E-state index is 14.6. The van der Waals surface area contributed by atoms with Crippen LogP contribution in [0.5, 0.6) is 0 Å². The average Bonchev–Trinajstić information content (AvgIpc) is 3.16. The number of carbonyl (C=O) groups excluding carboxylic acids is 1. The van der Waals surface area contributed by atoms with E-state index in [1.807, 2.05) is 49.6 Å². The van der Waals surface area contributed by atoms with E-state index in [-0.39, 0.29) is 10.6 Å². The Labute approximate surface area is 226 Å². The molecule has 1 heterocycles. The Balaban J connectivity index is 1.57. The first kappa shape index (κ1) is 27.1. The van der Waals surface area contributed by atoms with Crippen LogP contribution in [0.15, 0.2) is 88.9 Å². The number of hydrazone groups is 1. The number of aromatic nitrogens is 1. The minimum atomic E-state index is -4.24. The molecule has 1 aromatic heterocycles. The molecule has 0 bridgehead atoms. The second-order valence-corrected chi connectivity index (χ2v) is 11.0. The third-order valence-corrected chi connectivity index (χ3v) is 8.07. The van der Waals surface area contributed by atoms with Crippen molar-refractivity contribution in [3.05, 3.63) is 112 Å². The second-order valence-electron chi connectivity index (χ2n) is 8.68. The number of halogens is 2. The van der Waals surface area contributed by atoms with Crippen LogP contribution in [0.1, 0.15) is 22.5 Å². The van der Waals surface area contributed by atoms with Gasteiger partial charge < -0.3 is 4.57 Å². The first-order valence-corrected chi connectivity index (χ1v) is 13.5. The normalized spacial score (nSPS) is 11.6. The fraction of sp³-hybridized carbons (Fsp3) is 0.143. The van der Waals surface area contributed by atoms with Crippen molar-refractivity contribution in [1.29, 1.82) is 0 Å². The maximum absolute atomic E-state index is 14.6. The molecule has 196 valence electrons. The number of nitrogens with one attached hydrogen (secondary N) is 1. The third-order valence-electron chi connectivity index (χ3n) is 5.97. The number of aryl methyl sites for hydroxylation is 2. The van der Waals surface area contributed by atoms with Crippen molar-refractivity contribution >= 4 is 39.4 Å². The van der Waals surface area contributed by atoms with E-state index >= 15 is 0 Å². The van der Waals surface area contributed by atoms with Crippen molar-refractivity contribution in [2.75, 3.05) is 10.8 Å². The van der Waals surface area contributed by atoms with Crippen LogP contribution in [0.2, 0.25) is 5.02 Å².